The summed E-state index contributed by atoms with van der Waals surface area (Å²) in [6.07, 6.45) is 1.39. The van der Waals surface area contributed by atoms with Crippen LogP contribution in [0.4, 0.5) is 0 Å². The Morgan fingerprint density at radius 1 is 0.950 bits per heavy atom. The molecular formula is C18H20ClN. The maximum Gasteiger partial charge on any atom is 0.0234 e. The van der Waals surface area contributed by atoms with E-state index < -0.39 is 0 Å². The first-order chi connectivity index (χ1) is 9.37. The van der Waals surface area contributed by atoms with Gasteiger partial charge in [0, 0.05) is 25.0 Å². The molecule has 0 aromatic heterocycles. The van der Waals surface area contributed by atoms with Crippen LogP contribution in [0.25, 0.3) is 0 Å². The Balaban J connectivity index is 0.00000121. The summed E-state index contributed by atoms with van der Waals surface area (Å²) in [6, 6.07) is 21.9. The van der Waals surface area contributed by atoms with Gasteiger partial charge in [0.25, 0.3) is 0 Å². The molecule has 104 valence electrons. The van der Waals surface area contributed by atoms with Crippen molar-refractivity contribution in [3.05, 3.63) is 71.8 Å². The van der Waals surface area contributed by atoms with Gasteiger partial charge in [-0.1, -0.05) is 60.7 Å². The molecule has 2 atom stereocenters. The third-order valence-corrected chi connectivity index (χ3v) is 4.81. The van der Waals surface area contributed by atoms with E-state index in [0.717, 1.165) is 12.5 Å². The molecule has 4 rings (SSSR count). The van der Waals surface area contributed by atoms with Crippen LogP contribution < -0.4 is 0 Å². The molecule has 2 unspecified atom stereocenters. The lowest BCUT2D eigenvalue weighted by molar-refractivity contribution is 0.290. The fourth-order valence-corrected chi connectivity index (χ4v) is 3.77. The van der Waals surface area contributed by atoms with E-state index in [2.05, 4.69) is 65.6 Å². The van der Waals surface area contributed by atoms with Crippen molar-refractivity contribution in [2.45, 2.75) is 18.4 Å². The summed E-state index contributed by atoms with van der Waals surface area (Å²) >= 11 is 0. The molecule has 2 aromatic carbocycles. The fourth-order valence-electron chi connectivity index (χ4n) is 3.77. The van der Waals surface area contributed by atoms with Crippen molar-refractivity contribution in [2.75, 3.05) is 13.1 Å². The highest BCUT2D eigenvalue weighted by molar-refractivity contribution is 5.85. The number of piperidine rings is 1. The Kier molecular flexibility index (Phi) is 3.57. The summed E-state index contributed by atoms with van der Waals surface area (Å²) in [5.74, 6) is 0.888. The van der Waals surface area contributed by atoms with E-state index in [1.54, 1.807) is 5.56 Å². The van der Waals surface area contributed by atoms with E-state index in [1.165, 1.54) is 25.1 Å². The summed E-state index contributed by atoms with van der Waals surface area (Å²) in [7, 11) is 0. The highest BCUT2D eigenvalue weighted by Gasteiger charge is 2.60. The molecule has 1 saturated carbocycles. The highest BCUT2D eigenvalue weighted by atomic mass is 35.5. The van der Waals surface area contributed by atoms with Crippen molar-refractivity contribution in [3.8, 4) is 0 Å². The smallest absolute Gasteiger partial charge is 0.0234 e. The van der Waals surface area contributed by atoms with Gasteiger partial charge in [0.05, 0.1) is 0 Å². The lowest BCUT2D eigenvalue weighted by Crippen LogP contribution is -2.26. The second kappa shape index (κ2) is 5.23. The van der Waals surface area contributed by atoms with Crippen LogP contribution in [0.5, 0.6) is 0 Å². The van der Waals surface area contributed by atoms with Crippen molar-refractivity contribution >= 4 is 12.4 Å². The zero-order valence-corrected chi connectivity index (χ0v) is 12.4. The second-order valence-corrected chi connectivity index (χ2v) is 6.08. The number of halogens is 1. The molecule has 2 aliphatic rings. The predicted octanol–water partition coefficient (Wildman–Crippen LogP) is 3.88. The van der Waals surface area contributed by atoms with Crippen molar-refractivity contribution in [2.24, 2.45) is 5.92 Å². The summed E-state index contributed by atoms with van der Waals surface area (Å²) in [6.45, 7) is 3.60. The molecule has 0 radical (unpaired) electrons. The summed E-state index contributed by atoms with van der Waals surface area (Å²) in [5.41, 5.74) is 3.47. The molecule has 1 saturated heterocycles. The number of rotatable bonds is 3. The van der Waals surface area contributed by atoms with Crippen LogP contribution in [0.2, 0.25) is 0 Å². The summed E-state index contributed by atoms with van der Waals surface area (Å²) in [4.78, 5) is 2.62. The third kappa shape index (κ3) is 2.25. The van der Waals surface area contributed by atoms with Gasteiger partial charge in [0.15, 0.2) is 0 Å². The van der Waals surface area contributed by atoms with Gasteiger partial charge in [-0.05, 0) is 23.5 Å². The van der Waals surface area contributed by atoms with Crippen LogP contribution in [0.15, 0.2) is 60.7 Å². The van der Waals surface area contributed by atoms with E-state index in [1.807, 2.05) is 0 Å². The minimum absolute atomic E-state index is 0. The second-order valence-electron chi connectivity index (χ2n) is 6.08. The van der Waals surface area contributed by atoms with Crippen molar-refractivity contribution in [1.82, 2.24) is 4.90 Å². The van der Waals surface area contributed by atoms with Crippen LogP contribution in [0, 0.1) is 5.92 Å². The van der Waals surface area contributed by atoms with Crippen LogP contribution in [0.3, 0.4) is 0 Å². The summed E-state index contributed by atoms with van der Waals surface area (Å²) in [5, 5.41) is 0. The molecule has 2 aromatic rings. The Hall–Kier alpha value is -1.31. The minimum Gasteiger partial charge on any atom is -0.298 e. The van der Waals surface area contributed by atoms with E-state index >= 15 is 0 Å². The SMILES string of the molecule is Cl.c1ccc(CN2CC3CC3(c3ccccc3)C2)cc1. The van der Waals surface area contributed by atoms with Gasteiger partial charge in [-0.15, -0.1) is 12.4 Å². The lowest BCUT2D eigenvalue weighted by Gasteiger charge is -2.21. The summed E-state index contributed by atoms with van der Waals surface area (Å²) < 4.78 is 0. The molecular weight excluding hydrogens is 266 g/mol. The monoisotopic (exact) mass is 285 g/mol. The molecule has 0 amide bonds. The zero-order chi connectivity index (χ0) is 12.7. The predicted molar refractivity (Wildman–Crippen MR) is 85.2 cm³/mol. The van der Waals surface area contributed by atoms with Crippen LogP contribution >= 0.6 is 12.4 Å². The Morgan fingerprint density at radius 3 is 2.30 bits per heavy atom. The van der Waals surface area contributed by atoms with Gasteiger partial charge in [-0.25, -0.2) is 0 Å². The number of likely N-dealkylation sites (tertiary alicyclic amines) is 1. The largest absolute Gasteiger partial charge is 0.298 e. The van der Waals surface area contributed by atoms with Gasteiger partial charge in [0.1, 0.15) is 0 Å². The molecule has 0 bridgehead atoms. The minimum atomic E-state index is 0. The van der Waals surface area contributed by atoms with Crippen molar-refractivity contribution in [1.29, 1.82) is 0 Å². The van der Waals surface area contributed by atoms with E-state index in [0.29, 0.717) is 5.41 Å². The maximum atomic E-state index is 2.62. The number of hydrogen-bond acceptors (Lipinski definition) is 1. The lowest BCUT2D eigenvalue weighted by atomic mass is 9.95. The average Bonchev–Trinajstić information content (AvgIpc) is 3.04. The van der Waals surface area contributed by atoms with Gasteiger partial charge >= 0.3 is 0 Å². The fraction of sp³-hybridized carbons (Fsp3) is 0.333. The van der Waals surface area contributed by atoms with E-state index in [4.69, 9.17) is 0 Å². The van der Waals surface area contributed by atoms with Crippen LogP contribution in [0.1, 0.15) is 17.5 Å². The normalized spacial score (nSPS) is 27.7. The molecule has 2 fully saturated rings. The number of benzene rings is 2. The van der Waals surface area contributed by atoms with Gasteiger partial charge in [0.2, 0.25) is 0 Å². The molecule has 1 heterocycles. The van der Waals surface area contributed by atoms with Crippen LogP contribution in [-0.4, -0.2) is 18.0 Å². The molecule has 2 heteroatoms. The Labute approximate surface area is 127 Å². The quantitative estimate of drug-likeness (QED) is 0.827. The van der Waals surface area contributed by atoms with E-state index in [-0.39, 0.29) is 12.4 Å². The number of hydrogen-bond donors (Lipinski definition) is 0. The van der Waals surface area contributed by atoms with Crippen molar-refractivity contribution < 1.29 is 0 Å². The topological polar surface area (TPSA) is 3.24 Å². The maximum absolute atomic E-state index is 2.62. The van der Waals surface area contributed by atoms with Gasteiger partial charge in [-0.2, -0.15) is 0 Å². The first kappa shape index (κ1) is 13.7. The van der Waals surface area contributed by atoms with E-state index in [9.17, 15) is 0 Å². The molecule has 0 N–H and O–H groups in total. The molecule has 0 spiro atoms. The Morgan fingerprint density at radius 2 is 1.60 bits per heavy atom. The number of nitrogens with zero attached hydrogens (tertiary/aromatic N) is 1. The Bertz CT molecular complexity index is 568. The molecule has 1 nitrogen and oxygen atoms in total. The first-order valence-electron chi connectivity index (χ1n) is 7.19. The van der Waals surface area contributed by atoms with Crippen LogP contribution in [-0.2, 0) is 12.0 Å². The third-order valence-electron chi connectivity index (χ3n) is 4.81. The number of fused-ring (bicyclic) bond motifs is 1. The first-order valence-corrected chi connectivity index (χ1v) is 7.19. The standard InChI is InChI=1S/C18H19N.ClH/c1-3-7-15(8-4-1)12-19-13-17-11-18(17,14-19)16-9-5-2-6-10-16;/h1-10,17H,11-14H2;1H. The average molecular weight is 286 g/mol. The molecule has 1 aliphatic heterocycles. The highest BCUT2D eigenvalue weighted by Crippen LogP contribution is 2.59. The van der Waals surface area contributed by atoms with Gasteiger partial charge < -0.3 is 0 Å². The van der Waals surface area contributed by atoms with Gasteiger partial charge in [-0.3, -0.25) is 4.90 Å². The molecule has 20 heavy (non-hydrogen) atoms. The molecule has 1 aliphatic carbocycles. The van der Waals surface area contributed by atoms with Crippen molar-refractivity contribution in [3.63, 3.8) is 0 Å². The zero-order valence-electron chi connectivity index (χ0n) is 11.5.